The Kier molecular flexibility index (Phi) is 5.41. The van der Waals surface area contributed by atoms with Gasteiger partial charge in [-0.1, -0.05) is 25.5 Å². The molecule has 3 N–H and O–H groups in total. The molecule has 0 aliphatic heterocycles. The summed E-state index contributed by atoms with van der Waals surface area (Å²) in [5, 5.41) is 19.1. The van der Waals surface area contributed by atoms with Crippen LogP contribution >= 0.6 is 0 Å². The van der Waals surface area contributed by atoms with E-state index in [0.29, 0.717) is 12.4 Å². The maximum atomic E-state index is 12.0. The summed E-state index contributed by atoms with van der Waals surface area (Å²) in [5.41, 5.74) is 0.917. The third kappa shape index (κ3) is 4.25. The van der Waals surface area contributed by atoms with Crippen LogP contribution in [0, 0.1) is 0 Å². The lowest BCUT2D eigenvalue weighted by molar-refractivity contribution is 0.251. The van der Waals surface area contributed by atoms with Gasteiger partial charge in [0.1, 0.15) is 11.6 Å². The van der Waals surface area contributed by atoms with Crippen molar-refractivity contribution < 1.29 is 9.90 Å². The van der Waals surface area contributed by atoms with Crippen LogP contribution in [0.5, 0.6) is 5.75 Å². The fourth-order valence-corrected chi connectivity index (χ4v) is 2.26. The van der Waals surface area contributed by atoms with Gasteiger partial charge in [0.15, 0.2) is 0 Å². The number of carbonyl (C=O) groups is 1. The molecule has 0 radical (unpaired) electrons. The van der Waals surface area contributed by atoms with Gasteiger partial charge in [-0.2, -0.15) is 5.10 Å². The minimum atomic E-state index is -0.279. The number of anilines is 1. The van der Waals surface area contributed by atoms with Crippen molar-refractivity contribution >= 4 is 11.8 Å². The van der Waals surface area contributed by atoms with Gasteiger partial charge < -0.3 is 10.4 Å². The summed E-state index contributed by atoms with van der Waals surface area (Å²) >= 11 is 0. The Morgan fingerprint density at radius 2 is 2.05 bits per heavy atom. The molecule has 6 heteroatoms. The summed E-state index contributed by atoms with van der Waals surface area (Å²) in [6.45, 7) is 4.60. The molecule has 0 saturated carbocycles. The zero-order valence-corrected chi connectivity index (χ0v) is 12.9. The summed E-state index contributed by atoms with van der Waals surface area (Å²) in [6.07, 6.45) is 3.75. The molecule has 2 amide bonds. The summed E-state index contributed by atoms with van der Waals surface area (Å²) in [4.78, 5) is 12.0. The first-order chi connectivity index (χ1) is 10.6. The predicted octanol–water partition coefficient (Wildman–Crippen LogP) is 3.27. The Morgan fingerprint density at radius 3 is 2.73 bits per heavy atom. The number of aromatic nitrogens is 2. The van der Waals surface area contributed by atoms with E-state index in [9.17, 15) is 9.90 Å². The standard InChI is InChI=1S/C16H22N4O2/c1-3-4-12(2)20-15(9-10-18-20)19-16(22)17-11-13-5-7-14(21)8-6-13/h5-10,12,21H,3-4,11H2,1-2H3,(H2,17,19,22)/t12-/m1/s1. The molecule has 6 nitrogen and oxygen atoms in total. The Balaban J connectivity index is 1.89. The van der Waals surface area contributed by atoms with E-state index in [1.54, 1.807) is 36.5 Å². The number of hydrogen-bond donors (Lipinski definition) is 3. The molecule has 118 valence electrons. The predicted molar refractivity (Wildman–Crippen MR) is 85.8 cm³/mol. The Morgan fingerprint density at radius 1 is 1.32 bits per heavy atom. The lowest BCUT2D eigenvalue weighted by atomic mass is 10.2. The van der Waals surface area contributed by atoms with Crippen molar-refractivity contribution in [2.75, 3.05) is 5.32 Å². The van der Waals surface area contributed by atoms with Gasteiger partial charge in [-0.15, -0.1) is 0 Å². The zero-order valence-electron chi connectivity index (χ0n) is 12.9. The highest BCUT2D eigenvalue weighted by atomic mass is 16.3. The molecule has 0 spiro atoms. The second-order valence-electron chi connectivity index (χ2n) is 5.27. The molecule has 1 atom stereocenters. The van der Waals surface area contributed by atoms with Crippen LogP contribution in [0.25, 0.3) is 0 Å². The van der Waals surface area contributed by atoms with Gasteiger partial charge in [0.25, 0.3) is 0 Å². The lowest BCUT2D eigenvalue weighted by Crippen LogP contribution is -2.29. The minimum Gasteiger partial charge on any atom is -0.508 e. The average molecular weight is 302 g/mol. The average Bonchev–Trinajstić information content (AvgIpc) is 2.95. The molecule has 0 bridgehead atoms. The normalized spacial score (nSPS) is 11.9. The molecular formula is C16H22N4O2. The number of nitrogens with one attached hydrogen (secondary N) is 2. The van der Waals surface area contributed by atoms with Gasteiger partial charge in [-0.25, -0.2) is 9.48 Å². The molecule has 22 heavy (non-hydrogen) atoms. The fourth-order valence-electron chi connectivity index (χ4n) is 2.26. The van der Waals surface area contributed by atoms with Crippen molar-refractivity contribution in [2.24, 2.45) is 0 Å². The number of urea groups is 1. The first-order valence-electron chi connectivity index (χ1n) is 7.46. The largest absolute Gasteiger partial charge is 0.508 e. The van der Waals surface area contributed by atoms with Crippen molar-refractivity contribution in [3.63, 3.8) is 0 Å². The second kappa shape index (κ2) is 7.49. The summed E-state index contributed by atoms with van der Waals surface area (Å²) in [5.74, 6) is 0.895. The number of rotatable bonds is 6. The van der Waals surface area contributed by atoms with E-state index in [-0.39, 0.29) is 17.8 Å². The van der Waals surface area contributed by atoms with Crippen LogP contribution in [0.4, 0.5) is 10.6 Å². The number of amides is 2. The van der Waals surface area contributed by atoms with Crippen LogP contribution in [0.2, 0.25) is 0 Å². The van der Waals surface area contributed by atoms with Crippen LogP contribution in [0.1, 0.15) is 38.3 Å². The third-order valence-electron chi connectivity index (χ3n) is 3.43. The summed E-state index contributed by atoms with van der Waals surface area (Å²) in [7, 11) is 0. The van der Waals surface area contributed by atoms with Crippen molar-refractivity contribution in [3.8, 4) is 5.75 Å². The minimum absolute atomic E-state index is 0.210. The van der Waals surface area contributed by atoms with Gasteiger partial charge in [0.05, 0.1) is 12.2 Å². The van der Waals surface area contributed by atoms with E-state index in [2.05, 4.69) is 29.6 Å². The molecule has 0 fully saturated rings. The van der Waals surface area contributed by atoms with Gasteiger partial charge >= 0.3 is 6.03 Å². The quantitative estimate of drug-likeness (QED) is 0.766. The molecule has 0 saturated heterocycles. The number of phenols is 1. The van der Waals surface area contributed by atoms with E-state index >= 15 is 0 Å². The summed E-state index contributed by atoms with van der Waals surface area (Å²) < 4.78 is 1.82. The van der Waals surface area contributed by atoms with Crippen molar-refractivity contribution in [1.29, 1.82) is 0 Å². The fraction of sp³-hybridized carbons (Fsp3) is 0.375. The van der Waals surface area contributed by atoms with E-state index in [1.807, 2.05) is 4.68 Å². The van der Waals surface area contributed by atoms with Gasteiger partial charge in [-0.3, -0.25) is 5.32 Å². The molecule has 0 unspecified atom stereocenters. The van der Waals surface area contributed by atoms with Crippen LogP contribution in [-0.4, -0.2) is 20.9 Å². The number of carbonyl (C=O) groups excluding carboxylic acids is 1. The first kappa shape index (κ1) is 15.9. The zero-order chi connectivity index (χ0) is 15.9. The Bertz CT molecular complexity index is 607. The Hall–Kier alpha value is -2.50. The highest BCUT2D eigenvalue weighted by Gasteiger charge is 2.11. The van der Waals surface area contributed by atoms with Gasteiger partial charge in [0, 0.05) is 12.6 Å². The van der Waals surface area contributed by atoms with E-state index < -0.39 is 0 Å². The highest BCUT2D eigenvalue weighted by Crippen LogP contribution is 2.18. The smallest absolute Gasteiger partial charge is 0.320 e. The van der Waals surface area contributed by atoms with Crippen LogP contribution < -0.4 is 10.6 Å². The highest BCUT2D eigenvalue weighted by molar-refractivity contribution is 5.88. The molecule has 2 rings (SSSR count). The molecule has 0 aliphatic carbocycles. The molecule has 1 aromatic carbocycles. The van der Waals surface area contributed by atoms with E-state index in [1.165, 1.54) is 0 Å². The first-order valence-corrected chi connectivity index (χ1v) is 7.46. The number of hydrogen-bond acceptors (Lipinski definition) is 3. The number of phenolic OH excluding ortho intramolecular Hbond substituents is 1. The van der Waals surface area contributed by atoms with Gasteiger partial charge in [0.2, 0.25) is 0 Å². The lowest BCUT2D eigenvalue weighted by Gasteiger charge is -2.15. The second-order valence-corrected chi connectivity index (χ2v) is 5.27. The molecule has 0 aliphatic rings. The van der Waals surface area contributed by atoms with Gasteiger partial charge in [-0.05, 0) is 31.0 Å². The van der Waals surface area contributed by atoms with Crippen molar-refractivity contribution in [1.82, 2.24) is 15.1 Å². The Labute approximate surface area is 130 Å². The van der Waals surface area contributed by atoms with Crippen LogP contribution in [-0.2, 0) is 6.54 Å². The number of aromatic hydroxyl groups is 1. The maximum Gasteiger partial charge on any atom is 0.320 e. The number of nitrogens with zero attached hydrogens (tertiary/aromatic N) is 2. The molecular weight excluding hydrogens is 280 g/mol. The third-order valence-corrected chi connectivity index (χ3v) is 3.43. The van der Waals surface area contributed by atoms with E-state index in [4.69, 9.17) is 0 Å². The van der Waals surface area contributed by atoms with E-state index in [0.717, 1.165) is 18.4 Å². The molecule has 2 aromatic rings. The monoisotopic (exact) mass is 302 g/mol. The topological polar surface area (TPSA) is 79.2 Å². The molecule has 1 heterocycles. The molecule has 1 aromatic heterocycles. The van der Waals surface area contributed by atoms with Crippen molar-refractivity contribution in [3.05, 3.63) is 42.1 Å². The van der Waals surface area contributed by atoms with Crippen LogP contribution in [0.15, 0.2) is 36.5 Å². The SMILES string of the molecule is CCC[C@@H](C)n1nccc1NC(=O)NCc1ccc(O)cc1. The van der Waals surface area contributed by atoms with Crippen molar-refractivity contribution in [2.45, 2.75) is 39.3 Å². The maximum absolute atomic E-state index is 12.0. The number of benzene rings is 1. The summed E-state index contributed by atoms with van der Waals surface area (Å²) in [6, 6.07) is 8.47. The van der Waals surface area contributed by atoms with Crippen LogP contribution in [0.3, 0.4) is 0 Å².